The minimum absolute atomic E-state index is 0.387. The quantitative estimate of drug-likeness (QED) is 0.768. The average molecular weight is 214 g/mol. The lowest BCUT2D eigenvalue weighted by Crippen LogP contribution is -2.18. The molecule has 0 aromatic heterocycles. The molecule has 2 aromatic rings. The van der Waals surface area contributed by atoms with E-state index >= 15 is 0 Å². The van der Waals surface area contributed by atoms with Crippen LogP contribution < -0.4 is 0 Å². The minimum Gasteiger partial charge on any atom is -0.367 e. The lowest BCUT2D eigenvalue weighted by Gasteiger charge is -2.19. The molecule has 0 bridgehead atoms. The van der Waals surface area contributed by atoms with Crippen LogP contribution in [-0.4, -0.2) is 16.5 Å². The normalized spacial score (nSPS) is 11.0. The van der Waals surface area contributed by atoms with E-state index in [9.17, 15) is 10.2 Å². The zero-order valence-electron chi connectivity index (χ0n) is 8.82. The first-order valence-electron chi connectivity index (χ1n) is 5.25. The van der Waals surface area contributed by atoms with E-state index in [0.717, 1.165) is 11.1 Å². The van der Waals surface area contributed by atoms with Crippen LogP contribution in [-0.2, 0) is 0 Å². The van der Waals surface area contributed by atoms with Gasteiger partial charge in [-0.05, 0) is 11.1 Å². The molecular formula is C14H14O2. The molecule has 0 atom stereocenters. The Morgan fingerprint density at radius 3 is 1.31 bits per heavy atom. The second kappa shape index (κ2) is 4.92. The molecular weight excluding hydrogens is 200 g/mol. The van der Waals surface area contributed by atoms with Gasteiger partial charge in [-0.2, -0.15) is 0 Å². The average Bonchev–Trinajstić information content (AvgIpc) is 2.31. The van der Waals surface area contributed by atoms with Crippen LogP contribution in [0.2, 0.25) is 0 Å². The van der Waals surface area contributed by atoms with E-state index in [2.05, 4.69) is 0 Å². The van der Waals surface area contributed by atoms with Crippen molar-refractivity contribution in [2.24, 2.45) is 0 Å². The highest BCUT2D eigenvalue weighted by Crippen LogP contribution is 2.26. The molecule has 2 N–H and O–H groups in total. The molecule has 0 radical (unpaired) electrons. The predicted octanol–water partition coefficient (Wildman–Crippen LogP) is 2.13. The van der Waals surface area contributed by atoms with E-state index in [1.54, 1.807) is 0 Å². The first-order chi connectivity index (χ1) is 7.79. The third kappa shape index (κ3) is 2.30. The van der Waals surface area contributed by atoms with Crippen molar-refractivity contribution in [3.8, 4) is 0 Å². The number of aliphatic hydroxyl groups is 2. The van der Waals surface area contributed by atoms with Gasteiger partial charge in [0.05, 0.1) is 5.92 Å². The smallest absolute Gasteiger partial charge is 0.162 e. The summed E-state index contributed by atoms with van der Waals surface area (Å²) in [5.74, 6) is -0.387. The zero-order chi connectivity index (χ0) is 11.4. The topological polar surface area (TPSA) is 40.5 Å². The van der Waals surface area contributed by atoms with Crippen molar-refractivity contribution in [1.29, 1.82) is 0 Å². The van der Waals surface area contributed by atoms with E-state index < -0.39 is 6.29 Å². The van der Waals surface area contributed by atoms with E-state index in [4.69, 9.17) is 0 Å². The molecule has 0 spiro atoms. The van der Waals surface area contributed by atoms with Gasteiger partial charge in [0.15, 0.2) is 6.29 Å². The zero-order valence-corrected chi connectivity index (χ0v) is 8.82. The van der Waals surface area contributed by atoms with E-state index in [1.165, 1.54) is 0 Å². The Morgan fingerprint density at radius 1 is 0.625 bits per heavy atom. The summed E-state index contributed by atoms with van der Waals surface area (Å²) in [4.78, 5) is 0. The van der Waals surface area contributed by atoms with Crippen LogP contribution in [0.4, 0.5) is 0 Å². The van der Waals surface area contributed by atoms with Gasteiger partial charge in [-0.1, -0.05) is 60.7 Å². The fraction of sp³-hybridized carbons (Fsp3) is 0.143. The second-order valence-electron chi connectivity index (χ2n) is 3.71. The second-order valence-corrected chi connectivity index (χ2v) is 3.71. The van der Waals surface area contributed by atoms with Crippen LogP contribution in [0.5, 0.6) is 0 Å². The number of benzene rings is 2. The van der Waals surface area contributed by atoms with Crippen LogP contribution in [0, 0.1) is 0 Å². The molecule has 0 aliphatic rings. The number of rotatable bonds is 3. The summed E-state index contributed by atoms with van der Waals surface area (Å²) >= 11 is 0. The van der Waals surface area contributed by atoms with Gasteiger partial charge in [0.1, 0.15) is 0 Å². The van der Waals surface area contributed by atoms with Crippen molar-refractivity contribution in [3.63, 3.8) is 0 Å². The van der Waals surface area contributed by atoms with Gasteiger partial charge in [-0.15, -0.1) is 0 Å². The summed E-state index contributed by atoms with van der Waals surface area (Å²) in [6.07, 6.45) is -1.38. The molecule has 0 fully saturated rings. The Labute approximate surface area is 94.8 Å². The van der Waals surface area contributed by atoms with Crippen molar-refractivity contribution >= 4 is 0 Å². The number of hydrogen-bond donors (Lipinski definition) is 2. The predicted molar refractivity (Wildman–Crippen MR) is 63.0 cm³/mol. The summed E-state index contributed by atoms with van der Waals surface area (Å²) < 4.78 is 0. The van der Waals surface area contributed by atoms with Crippen LogP contribution in [0.25, 0.3) is 0 Å². The van der Waals surface area contributed by atoms with Crippen LogP contribution >= 0.6 is 0 Å². The maximum absolute atomic E-state index is 9.47. The highest BCUT2D eigenvalue weighted by molar-refractivity contribution is 5.32. The molecule has 2 nitrogen and oxygen atoms in total. The Hall–Kier alpha value is -1.64. The first kappa shape index (κ1) is 10.9. The lowest BCUT2D eigenvalue weighted by molar-refractivity contribution is -0.0512. The number of aliphatic hydroxyl groups excluding tert-OH is 1. The summed E-state index contributed by atoms with van der Waals surface area (Å²) in [6, 6.07) is 19.0. The highest BCUT2D eigenvalue weighted by Gasteiger charge is 2.20. The fourth-order valence-corrected chi connectivity index (χ4v) is 1.86. The molecule has 0 saturated heterocycles. The summed E-state index contributed by atoms with van der Waals surface area (Å²) in [7, 11) is 0. The molecule has 0 aliphatic carbocycles. The van der Waals surface area contributed by atoms with Gasteiger partial charge in [0.25, 0.3) is 0 Å². The van der Waals surface area contributed by atoms with E-state index in [-0.39, 0.29) is 5.92 Å². The lowest BCUT2D eigenvalue weighted by atomic mass is 9.91. The molecule has 2 aromatic carbocycles. The maximum Gasteiger partial charge on any atom is 0.162 e. The Kier molecular flexibility index (Phi) is 3.34. The molecule has 0 unspecified atom stereocenters. The van der Waals surface area contributed by atoms with Gasteiger partial charge in [-0.3, -0.25) is 0 Å². The molecule has 0 saturated carbocycles. The third-order valence-corrected chi connectivity index (χ3v) is 2.62. The van der Waals surface area contributed by atoms with Gasteiger partial charge in [0.2, 0.25) is 0 Å². The molecule has 0 heterocycles. The maximum atomic E-state index is 9.47. The SMILES string of the molecule is OC(O)C(c1ccccc1)c1ccccc1. The highest BCUT2D eigenvalue weighted by atomic mass is 16.5. The van der Waals surface area contributed by atoms with E-state index in [1.807, 2.05) is 60.7 Å². The Morgan fingerprint density at radius 2 is 1.00 bits per heavy atom. The molecule has 82 valence electrons. The van der Waals surface area contributed by atoms with Crippen molar-refractivity contribution in [2.75, 3.05) is 0 Å². The van der Waals surface area contributed by atoms with Gasteiger partial charge in [0, 0.05) is 0 Å². The summed E-state index contributed by atoms with van der Waals surface area (Å²) in [6.45, 7) is 0. The van der Waals surface area contributed by atoms with Gasteiger partial charge in [-0.25, -0.2) is 0 Å². The van der Waals surface area contributed by atoms with Crippen molar-refractivity contribution < 1.29 is 10.2 Å². The molecule has 16 heavy (non-hydrogen) atoms. The van der Waals surface area contributed by atoms with Crippen LogP contribution in [0.15, 0.2) is 60.7 Å². The number of hydrogen-bond acceptors (Lipinski definition) is 2. The molecule has 0 aliphatic heterocycles. The fourth-order valence-electron chi connectivity index (χ4n) is 1.86. The van der Waals surface area contributed by atoms with E-state index in [0.29, 0.717) is 0 Å². The molecule has 0 amide bonds. The molecule has 2 rings (SSSR count). The van der Waals surface area contributed by atoms with Gasteiger partial charge < -0.3 is 10.2 Å². The minimum atomic E-state index is -1.38. The van der Waals surface area contributed by atoms with Crippen molar-refractivity contribution in [1.82, 2.24) is 0 Å². The first-order valence-corrected chi connectivity index (χ1v) is 5.25. The third-order valence-electron chi connectivity index (χ3n) is 2.62. The van der Waals surface area contributed by atoms with Crippen molar-refractivity contribution in [2.45, 2.75) is 12.2 Å². The van der Waals surface area contributed by atoms with Gasteiger partial charge >= 0.3 is 0 Å². The monoisotopic (exact) mass is 214 g/mol. The summed E-state index contributed by atoms with van der Waals surface area (Å²) in [5, 5.41) is 18.9. The van der Waals surface area contributed by atoms with Crippen LogP contribution in [0.3, 0.4) is 0 Å². The van der Waals surface area contributed by atoms with Crippen LogP contribution in [0.1, 0.15) is 17.0 Å². The van der Waals surface area contributed by atoms with Crippen molar-refractivity contribution in [3.05, 3.63) is 71.8 Å². The Balaban J connectivity index is 2.40. The Bertz CT molecular complexity index is 384. The summed E-state index contributed by atoms with van der Waals surface area (Å²) in [5.41, 5.74) is 1.81. The largest absolute Gasteiger partial charge is 0.367 e. The standard InChI is InChI=1S/C14H14O2/c15-14(16)13(11-7-3-1-4-8-11)12-9-5-2-6-10-12/h1-10,13-16H. The molecule has 2 heteroatoms.